The standard InChI is InChI=1S/C17H20F3N3O3/c18-17(19,20)14(24)10-4-7-23(8-5-10)16(26)12-3-6-21-13(9-12)22-15(25)11-1-2-11/h3,6,9-11,14,24H,1-2,4-5,7-8H2,(H,21,22,25). The highest BCUT2D eigenvalue weighted by molar-refractivity contribution is 5.97. The normalized spacial score (nSPS) is 19.9. The highest BCUT2D eigenvalue weighted by Gasteiger charge is 2.44. The number of aromatic nitrogens is 1. The third-order valence-corrected chi connectivity index (χ3v) is 4.82. The molecule has 1 unspecified atom stereocenters. The Kier molecular flexibility index (Phi) is 5.17. The summed E-state index contributed by atoms with van der Waals surface area (Å²) in [6.07, 6.45) is -3.71. The molecule has 1 aromatic rings. The van der Waals surface area contributed by atoms with Crippen molar-refractivity contribution < 1.29 is 27.9 Å². The number of anilines is 1. The van der Waals surface area contributed by atoms with Crippen molar-refractivity contribution in [3.05, 3.63) is 23.9 Å². The van der Waals surface area contributed by atoms with Crippen LogP contribution in [0.2, 0.25) is 0 Å². The molecule has 1 saturated heterocycles. The van der Waals surface area contributed by atoms with Crippen LogP contribution in [0.25, 0.3) is 0 Å². The summed E-state index contributed by atoms with van der Waals surface area (Å²) in [5.74, 6) is -1.05. The van der Waals surface area contributed by atoms with E-state index in [4.69, 9.17) is 0 Å². The molecule has 3 rings (SSSR count). The van der Waals surface area contributed by atoms with E-state index in [0.717, 1.165) is 12.8 Å². The van der Waals surface area contributed by atoms with Crippen LogP contribution in [0.15, 0.2) is 18.3 Å². The molecule has 2 fully saturated rings. The van der Waals surface area contributed by atoms with Crippen LogP contribution in [0.3, 0.4) is 0 Å². The molecule has 9 heteroatoms. The third kappa shape index (κ3) is 4.32. The molecule has 6 nitrogen and oxygen atoms in total. The first kappa shape index (κ1) is 18.6. The molecule has 2 heterocycles. The monoisotopic (exact) mass is 371 g/mol. The van der Waals surface area contributed by atoms with Crippen LogP contribution in [0.1, 0.15) is 36.0 Å². The number of aliphatic hydroxyl groups is 1. The minimum atomic E-state index is -4.64. The zero-order valence-electron chi connectivity index (χ0n) is 14.0. The Morgan fingerprint density at radius 1 is 1.23 bits per heavy atom. The molecule has 142 valence electrons. The maximum atomic E-state index is 12.6. The number of hydrogen-bond acceptors (Lipinski definition) is 4. The van der Waals surface area contributed by atoms with Gasteiger partial charge in [0.25, 0.3) is 5.91 Å². The number of hydrogen-bond donors (Lipinski definition) is 2. The zero-order chi connectivity index (χ0) is 18.9. The van der Waals surface area contributed by atoms with Crippen LogP contribution >= 0.6 is 0 Å². The van der Waals surface area contributed by atoms with Gasteiger partial charge in [-0.3, -0.25) is 9.59 Å². The number of likely N-dealkylation sites (tertiary alicyclic amines) is 1. The van der Waals surface area contributed by atoms with E-state index in [0.29, 0.717) is 5.56 Å². The second-order valence-electron chi connectivity index (χ2n) is 6.81. The zero-order valence-corrected chi connectivity index (χ0v) is 14.0. The van der Waals surface area contributed by atoms with E-state index < -0.39 is 18.2 Å². The molecular formula is C17H20F3N3O3. The topological polar surface area (TPSA) is 82.5 Å². The van der Waals surface area contributed by atoms with Crippen molar-refractivity contribution in [3.8, 4) is 0 Å². The fourth-order valence-electron chi connectivity index (χ4n) is 3.07. The molecule has 0 bridgehead atoms. The summed E-state index contributed by atoms with van der Waals surface area (Å²) < 4.78 is 37.8. The smallest absolute Gasteiger partial charge is 0.383 e. The first-order valence-electron chi connectivity index (χ1n) is 8.56. The number of amides is 2. The molecule has 0 radical (unpaired) electrons. The lowest BCUT2D eigenvalue weighted by molar-refractivity contribution is -0.222. The maximum absolute atomic E-state index is 12.6. The van der Waals surface area contributed by atoms with Gasteiger partial charge >= 0.3 is 6.18 Å². The van der Waals surface area contributed by atoms with E-state index in [-0.39, 0.29) is 49.5 Å². The van der Waals surface area contributed by atoms with E-state index >= 15 is 0 Å². The number of nitrogens with one attached hydrogen (secondary N) is 1. The van der Waals surface area contributed by atoms with Gasteiger partial charge in [-0.25, -0.2) is 4.98 Å². The number of halogens is 3. The van der Waals surface area contributed by atoms with E-state index in [9.17, 15) is 27.9 Å². The van der Waals surface area contributed by atoms with Gasteiger partial charge in [0.2, 0.25) is 5.91 Å². The number of piperidine rings is 1. The van der Waals surface area contributed by atoms with Crippen molar-refractivity contribution in [2.24, 2.45) is 11.8 Å². The predicted octanol–water partition coefficient (Wildman–Crippen LogP) is 2.21. The maximum Gasteiger partial charge on any atom is 0.414 e. The molecule has 1 atom stereocenters. The van der Waals surface area contributed by atoms with Gasteiger partial charge < -0.3 is 15.3 Å². The van der Waals surface area contributed by atoms with E-state index in [1.54, 1.807) is 0 Å². The molecule has 26 heavy (non-hydrogen) atoms. The quantitative estimate of drug-likeness (QED) is 0.850. The number of alkyl halides is 3. The summed E-state index contributed by atoms with van der Waals surface area (Å²) >= 11 is 0. The van der Waals surface area contributed by atoms with Crippen LogP contribution < -0.4 is 5.32 Å². The molecule has 0 spiro atoms. The summed E-state index contributed by atoms with van der Waals surface area (Å²) in [6.45, 7) is 0.283. The predicted molar refractivity (Wildman–Crippen MR) is 86.3 cm³/mol. The van der Waals surface area contributed by atoms with Crippen molar-refractivity contribution in [1.29, 1.82) is 0 Å². The van der Waals surface area contributed by atoms with Crippen LogP contribution in [-0.4, -0.2) is 52.2 Å². The molecule has 2 N–H and O–H groups in total. The van der Waals surface area contributed by atoms with Gasteiger partial charge in [0, 0.05) is 30.8 Å². The highest BCUT2D eigenvalue weighted by Crippen LogP contribution is 2.32. The summed E-state index contributed by atoms with van der Waals surface area (Å²) in [5.41, 5.74) is 0.320. The van der Waals surface area contributed by atoms with E-state index in [1.807, 2.05) is 0 Å². The number of rotatable bonds is 4. The average molecular weight is 371 g/mol. The fraction of sp³-hybridized carbons (Fsp3) is 0.588. The van der Waals surface area contributed by atoms with Crippen LogP contribution in [0.4, 0.5) is 19.0 Å². The second-order valence-corrected chi connectivity index (χ2v) is 6.81. The second kappa shape index (κ2) is 7.22. The molecule has 1 saturated carbocycles. The lowest BCUT2D eigenvalue weighted by Gasteiger charge is -2.34. The first-order chi connectivity index (χ1) is 12.3. The minimum Gasteiger partial charge on any atom is -0.383 e. The largest absolute Gasteiger partial charge is 0.414 e. The molecule has 0 aromatic carbocycles. The van der Waals surface area contributed by atoms with Crippen LogP contribution in [0, 0.1) is 11.8 Å². The SMILES string of the molecule is O=C(Nc1cc(C(=O)N2CCC(C(O)C(F)(F)F)CC2)ccn1)C1CC1. The Morgan fingerprint density at radius 3 is 2.46 bits per heavy atom. The summed E-state index contributed by atoms with van der Waals surface area (Å²) in [5, 5.41) is 12.0. The minimum absolute atomic E-state index is 0.00949. The van der Waals surface area contributed by atoms with Crippen molar-refractivity contribution in [1.82, 2.24) is 9.88 Å². The van der Waals surface area contributed by atoms with Gasteiger partial charge in [-0.1, -0.05) is 0 Å². The molecule has 2 amide bonds. The van der Waals surface area contributed by atoms with Crippen molar-refractivity contribution >= 4 is 17.6 Å². The molecule has 1 aliphatic heterocycles. The van der Waals surface area contributed by atoms with E-state index in [2.05, 4.69) is 10.3 Å². The van der Waals surface area contributed by atoms with Gasteiger partial charge in [-0.05, 0) is 43.7 Å². The first-order valence-corrected chi connectivity index (χ1v) is 8.56. The Labute approximate surface area is 148 Å². The van der Waals surface area contributed by atoms with Gasteiger partial charge in [-0.15, -0.1) is 0 Å². The third-order valence-electron chi connectivity index (χ3n) is 4.82. The van der Waals surface area contributed by atoms with Gasteiger partial charge in [0.05, 0.1) is 0 Å². The number of nitrogens with zero attached hydrogens (tertiary/aromatic N) is 2. The highest BCUT2D eigenvalue weighted by atomic mass is 19.4. The Bertz CT molecular complexity index is 683. The lowest BCUT2D eigenvalue weighted by atomic mass is 9.90. The molecular weight excluding hydrogens is 351 g/mol. The lowest BCUT2D eigenvalue weighted by Crippen LogP contribution is -2.45. The summed E-state index contributed by atoms with van der Waals surface area (Å²) in [6, 6.07) is 2.98. The molecule has 1 aromatic heterocycles. The van der Waals surface area contributed by atoms with Gasteiger partial charge in [0.15, 0.2) is 6.10 Å². The molecule has 1 aliphatic carbocycles. The van der Waals surface area contributed by atoms with Crippen LogP contribution in [0.5, 0.6) is 0 Å². The summed E-state index contributed by atoms with van der Waals surface area (Å²) in [4.78, 5) is 29.8. The Hall–Kier alpha value is -2.16. The molecule has 2 aliphatic rings. The fourth-order valence-corrected chi connectivity index (χ4v) is 3.07. The van der Waals surface area contributed by atoms with Crippen LogP contribution in [-0.2, 0) is 4.79 Å². The van der Waals surface area contributed by atoms with Gasteiger partial charge in [-0.2, -0.15) is 13.2 Å². The van der Waals surface area contributed by atoms with Crippen molar-refractivity contribution in [2.75, 3.05) is 18.4 Å². The summed E-state index contributed by atoms with van der Waals surface area (Å²) in [7, 11) is 0. The van der Waals surface area contributed by atoms with Crippen molar-refractivity contribution in [3.63, 3.8) is 0 Å². The Morgan fingerprint density at radius 2 is 1.88 bits per heavy atom. The van der Waals surface area contributed by atoms with E-state index in [1.165, 1.54) is 23.2 Å². The van der Waals surface area contributed by atoms with Crippen molar-refractivity contribution in [2.45, 2.75) is 38.0 Å². The number of carbonyl (C=O) groups is 2. The van der Waals surface area contributed by atoms with Gasteiger partial charge in [0.1, 0.15) is 5.82 Å². The average Bonchev–Trinajstić information content (AvgIpc) is 3.45. The Balaban J connectivity index is 1.59. The number of carbonyl (C=O) groups excluding carboxylic acids is 2. The number of pyridine rings is 1. The number of aliphatic hydroxyl groups excluding tert-OH is 1.